The van der Waals surface area contributed by atoms with Crippen LogP contribution in [0.25, 0.3) is 5.69 Å². The van der Waals surface area contributed by atoms with E-state index >= 15 is 0 Å². The maximum absolute atomic E-state index is 5.98. The molecule has 5 nitrogen and oxygen atoms in total. The highest BCUT2D eigenvalue weighted by Crippen LogP contribution is 2.17. The number of aromatic nitrogens is 4. The number of tetrazole rings is 1. The lowest BCUT2D eigenvalue weighted by Gasteiger charge is -2.12. The number of halogens is 1. The molecular weight excluding hydrogens is 250 g/mol. The number of nitrogens with one attached hydrogen (secondary N) is 1. The summed E-state index contributed by atoms with van der Waals surface area (Å²) in [7, 11) is 0. The fraction of sp³-hybridized carbons (Fsp3) is 0.417. The van der Waals surface area contributed by atoms with Crippen molar-refractivity contribution in [3.63, 3.8) is 0 Å². The number of hydrogen-bond donors (Lipinski definition) is 1. The van der Waals surface area contributed by atoms with Crippen LogP contribution in [-0.2, 0) is 0 Å². The molecule has 0 fully saturated rings. The van der Waals surface area contributed by atoms with Crippen molar-refractivity contribution in [2.75, 3.05) is 6.54 Å². The first-order valence-corrected chi connectivity index (χ1v) is 6.37. The lowest BCUT2D eigenvalue weighted by atomic mass is 10.2. The zero-order valence-electron chi connectivity index (χ0n) is 10.5. The first kappa shape index (κ1) is 13.0. The van der Waals surface area contributed by atoms with Crippen molar-refractivity contribution in [2.45, 2.75) is 26.3 Å². The first-order valence-electron chi connectivity index (χ1n) is 6.00. The van der Waals surface area contributed by atoms with Gasteiger partial charge in [0.15, 0.2) is 5.82 Å². The minimum absolute atomic E-state index is 0.0962. The third-order valence-corrected chi connectivity index (χ3v) is 2.87. The minimum Gasteiger partial charge on any atom is -0.307 e. The molecule has 1 unspecified atom stereocenters. The Morgan fingerprint density at radius 2 is 2.28 bits per heavy atom. The first-order chi connectivity index (χ1) is 8.72. The largest absolute Gasteiger partial charge is 0.307 e. The second-order valence-corrected chi connectivity index (χ2v) is 4.54. The molecule has 96 valence electrons. The van der Waals surface area contributed by atoms with E-state index in [1.165, 1.54) is 0 Å². The monoisotopic (exact) mass is 265 g/mol. The normalized spacial score (nSPS) is 12.6. The lowest BCUT2D eigenvalue weighted by Crippen LogP contribution is -2.22. The molecule has 0 radical (unpaired) electrons. The van der Waals surface area contributed by atoms with Crippen molar-refractivity contribution >= 4 is 11.6 Å². The van der Waals surface area contributed by atoms with Crippen molar-refractivity contribution in [3.8, 4) is 5.69 Å². The molecule has 0 saturated heterocycles. The average Bonchev–Trinajstić information content (AvgIpc) is 2.85. The molecule has 1 N–H and O–H groups in total. The van der Waals surface area contributed by atoms with E-state index in [-0.39, 0.29) is 6.04 Å². The third-order valence-electron chi connectivity index (χ3n) is 2.63. The van der Waals surface area contributed by atoms with Crippen molar-refractivity contribution in [1.29, 1.82) is 0 Å². The summed E-state index contributed by atoms with van der Waals surface area (Å²) in [6, 6.07) is 7.58. The molecule has 0 spiro atoms. The molecule has 1 aromatic carbocycles. The molecule has 2 rings (SSSR count). The summed E-state index contributed by atoms with van der Waals surface area (Å²) in [5.74, 6) is 0.783. The molecule has 1 heterocycles. The van der Waals surface area contributed by atoms with Crippen molar-refractivity contribution < 1.29 is 0 Å². The maximum atomic E-state index is 5.98. The van der Waals surface area contributed by atoms with Crippen LogP contribution in [0.3, 0.4) is 0 Å². The van der Waals surface area contributed by atoms with Crippen LogP contribution in [0.1, 0.15) is 32.1 Å². The van der Waals surface area contributed by atoms with Crippen molar-refractivity contribution in [1.82, 2.24) is 25.5 Å². The van der Waals surface area contributed by atoms with Crippen LogP contribution in [0.5, 0.6) is 0 Å². The van der Waals surface area contributed by atoms with Gasteiger partial charge < -0.3 is 5.32 Å². The Morgan fingerprint density at radius 3 is 3.00 bits per heavy atom. The number of nitrogens with zero attached hydrogens (tertiary/aromatic N) is 4. The fourth-order valence-electron chi connectivity index (χ4n) is 1.71. The zero-order valence-corrected chi connectivity index (χ0v) is 11.2. The van der Waals surface area contributed by atoms with Gasteiger partial charge in [-0.3, -0.25) is 0 Å². The highest BCUT2D eigenvalue weighted by atomic mass is 35.5. The highest BCUT2D eigenvalue weighted by molar-refractivity contribution is 6.30. The Hall–Kier alpha value is -1.46. The van der Waals surface area contributed by atoms with Gasteiger partial charge in [-0.15, -0.1) is 5.10 Å². The van der Waals surface area contributed by atoms with Gasteiger partial charge in [-0.05, 0) is 48.5 Å². The quantitative estimate of drug-likeness (QED) is 0.902. The van der Waals surface area contributed by atoms with Crippen LogP contribution in [0.15, 0.2) is 24.3 Å². The lowest BCUT2D eigenvalue weighted by molar-refractivity contribution is 0.531. The summed E-state index contributed by atoms with van der Waals surface area (Å²) in [6.07, 6.45) is 1.07. The van der Waals surface area contributed by atoms with Crippen LogP contribution in [-0.4, -0.2) is 26.8 Å². The summed E-state index contributed by atoms with van der Waals surface area (Å²) in [5.41, 5.74) is 0.868. The van der Waals surface area contributed by atoms with Crippen molar-refractivity contribution in [3.05, 3.63) is 35.1 Å². The second-order valence-electron chi connectivity index (χ2n) is 4.10. The van der Waals surface area contributed by atoms with Gasteiger partial charge in [-0.2, -0.15) is 4.68 Å². The molecule has 18 heavy (non-hydrogen) atoms. The summed E-state index contributed by atoms with van der Waals surface area (Å²) in [6.45, 7) is 5.10. The van der Waals surface area contributed by atoms with E-state index in [1.54, 1.807) is 4.68 Å². The predicted octanol–water partition coefficient (Wildman–Crippen LogP) is 2.38. The van der Waals surface area contributed by atoms with Gasteiger partial charge in [0.2, 0.25) is 0 Å². The van der Waals surface area contributed by atoms with Crippen LogP contribution >= 0.6 is 11.6 Å². The van der Waals surface area contributed by atoms with E-state index in [0.29, 0.717) is 5.02 Å². The van der Waals surface area contributed by atoms with Crippen molar-refractivity contribution in [2.24, 2.45) is 0 Å². The minimum atomic E-state index is 0.0962. The smallest absolute Gasteiger partial charge is 0.173 e. The fourth-order valence-corrected chi connectivity index (χ4v) is 1.89. The molecule has 0 amide bonds. The number of hydrogen-bond acceptors (Lipinski definition) is 4. The molecular formula is C12H16ClN5. The standard InChI is InChI=1S/C12H16ClN5/c1-3-7-14-9(2)12-15-16-17-18(12)11-6-4-5-10(13)8-11/h4-6,8-9,14H,3,7H2,1-2H3. The van der Waals surface area contributed by atoms with E-state index < -0.39 is 0 Å². The van der Waals surface area contributed by atoms with Gasteiger partial charge in [0.25, 0.3) is 0 Å². The Morgan fingerprint density at radius 1 is 1.44 bits per heavy atom. The molecule has 6 heteroatoms. The number of rotatable bonds is 5. The summed E-state index contributed by atoms with van der Waals surface area (Å²) < 4.78 is 1.71. The summed E-state index contributed by atoms with van der Waals surface area (Å²) in [4.78, 5) is 0. The average molecular weight is 266 g/mol. The highest BCUT2D eigenvalue weighted by Gasteiger charge is 2.14. The number of benzene rings is 1. The van der Waals surface area contributed by atoms with Gasteiger partial charge in [0.05, 0.1) is 11.7 Å². The topological polar surface area (TPSA) is 55.6 Å². The third kappa shape index (κ3) is 2.86. The molecule has 0 aliphatic heterocycles. The van der Waals surface area contributed by atoms with Gasteiger partial charge in [-0.25, -0.2) is 0 Å². The Labute approximate surface area is 111 Å². The molecule has 1 aromatic heterocycles. The Kier molecular flexibility index (Phi) is 4.28. The van der Waals surface area contributed by atoms with E-state index in [4.69, 9.17) is 11.6 Å². The van der Waals surface area contributed by atoms with Crippen LogP contribution in [0, 0.1) is 0 Å². The van der Waals surface area contributed by atoms with E-state index in [9.17, 15) is 0 Å². The van der Waals surface area contributed by atoms with Gasteiger partial charge >= 0.3 is 0 Å². The molecule has 0 saturated carbocycles. The van der Waals surface area contributed by atoms with Gasteiger partial charge in [-0.1, -0.05) is 24.6 Å². The van der Waals surface area contributed by atoms with Crippen LogP contribution < -0.4 is 5.32 Å². The SMILES string of the molecule is CCCNC(C)c1nnnn1-c1cccc(Cl)c1. The van der Waals surface area contributed by atoms with Crippen LogP contribution in [0.4, 0.5) is 0 Å². The Bertz CT molecular complexity index is 511. The predicted molar refractivity (Wildman–Crippen MR) is 70.9 cm³/mol. The summed E-state index contributed by atoms with van der Waals surface area (Å²) in [5, 5.41) is 15.9. The Balaban J connectivity index is 2.27. The molecule has 0 aliphatic carbocycles. The van der Waals surface area contributed by atoms with E-state index in [2.05, 4.69) is 27.8 Å². The zero-order chi connectivity index (χ0) is 13.0. The van der Waals surface area contributed by atoms with Crippen LogP contribution in [0.2, 0.25) is 5.02 Å². The molecule has 0 bridgehead atoms. The maximum Gasteiger partial charge on any atom is 0.173 e. The van der Waals surface area contributed by atoms with Gasteiger partial charge in [0.1, 0.15) is 0 Å². The van der Waals surface area contributed by atoms with Gasteiger partial charge in [0, 0.05) is 5.02 Å². The second kappa shape index (κ2) is 5.93. The summed E-state index contributed by atoms with van der Waals surface area (Å²) >= 11 is 5.98. The molecule has 0 aliphatic rings. The van der Waals surface area contributed by atoms with E-state index in [1.807, 2.05) is 31.2 Å². The molecule has 1 atom stereocenters. The van der Waals surface area contributed by atoms with E-state index in [0.717, 1.165) is 24.5 Å². The molecule has 2 aromatic rings.